The number of hydrogen-bond donors (Lipinski definition) is 1. The number of carbonyl (C=O) groups excluding carboxylic acids is 1. The highest BCUT2D eigenvalue weighted by molar-refractivity contribution is 7.99. The molecule has 1 amide bonds. The Balaban J connectivity index is 1.41. The van der Waals surface area contributed by atoms with Crippen LogP contribution in [0.2, 0.25) is 0 Å². The Morgan fingerprint density at radius 2 is 1.72 bits per heavy atom. The molecule has 2 aromatic carbocycles. The lowest BCUT2D eigenvalue weighted by molar-refractivity contribution is -0.137. The number of halogens is 3. The van der Waals surface area contributed by atoms with Gasteiger partial charge in [0.2, 0.25) is 11.8 Å². The van der Waals surface area contributed by atoms with Crippen LogP contribution in [0.15, 0.2) is 52.9 Å². The average molecular weight is 463 g/mol. The predicted molar refractivity (Wildman–Crippen MR) is 120 cm³/mol. The molecule has 0 aliphatic carbocycles. The third-order valence-corrected chi connectivity index (χ3v) is 5.93. The van der Waals surface area contributed by atoms with Gasteiger partial charge in [-0.15, -0.1) is 11.8 Å². The van der Waals surface area contributed by atoms with Crippen molar-refractivity contribution in [1.29, 1.82) is 0 Å². The zero-order chi connectivity index (χ0) is 23.1. The van der Waals surface area contributed by atoms with E-state index in [9.17, 15) is 18.0 Å². The van der Waals surface area contributed by atoms with Crippen molar-refractivity contribution >= 4 is 17.7 Å². The van der Waals surface area contributed by atoms with Crippen LogP contribution in [0.4, 0.5) is 13.2 Å². The zero-order valence-electron chi connectivity index (χ0n) is 18.0. The molecular formula is C24H25F3N2O2S. The molecule has 0 saturated heterocycles. The van der Waals surface area contributed by atoms with Gasteiger partial charge >= 0.3 is 6.18 Å². The molecule has 0 unspecified atom stereocenters. The van der Waals surface area contributed by atoms with E-state index in [-0.39, 0.29) is 11.7 Å². The van der Waals surface area contributed by atoms with E-state index < -0.39 is 11.7 Å². The molecule has 3 rings (SSSR count). The van der Waals surface area contributed by atoms with Crippen molar-refractivity contribution in [3.63, 3.8) is 0 Å². The first-order valence-corrected chi connectivity index (χ1v) is 11.5. The number of aromatic nitrogens is 1. The van der Waals surface area contributed by atoms with E-state index in [0.29, 0.717) is 24.6 Å². The minimum atomic E-state index is -4.34. The average Bonchev–Trinajstić information content (AvgIpc) is 3.14. The number of oxazole rings is 1. The van der Waals surface area contributed by atoms with Crippen LogP contribution in [-0.4, -0.2) is 23.2 Å². The second-order valence-corrected chi connectivity index (χ2v) is 8.35. The first-order chi connectivity index (χ1) is 15.3. The molecule has 0 fully saturated rings. The molecule has 1 aromatic heterocycles. The van der Waals surface area contributed by atoms with Gasteiger partial charge in [0.15, 0.2) is 0 Å². The van der Waals surface area contributed by atoms with Crippen molar-refractivity contribution in [1.82, 2.24) is 10.3 Å². The van der Waals surface area contributed by atoms with Crippen molar-refractivity contribution in [2.24, 2.45) is 0 Å². The lowest BCUT2D eigenvalue weighted by Crippen LogP contribution is -2.27. The number of aryl methyl sites for hydroxylation is 2. The van der Waals surface area contributed by atoms with Crippen LogP contribution >= 0.6 is 11.8 Å². The second-order valence-electron chi connectivity index (χ2n) is 7.36. The Bertz CT molecular complexity index is 1030. The van der Waals surface area contributed by atoms with Gasteiger partial charge in [0.25, 0.3) is 0 Å². The van der Waals surface area contributed by atoms with Gasteiger partial charge in [0.05, 0.1) is 17.0 Å². The van der Waals surface area contributed by atoms with Gasteiger partial charge < -0.3 is 9.73 Å². The van der Waals surface area contributed by atoms with Crippen LogP contribution in [-0.2, 0) is 29.6 Å². The summed E-state index contributed by atoms with van der Waals surface area (Å²) < 4.78 is 43.5. The van der Waals surface area contributed by atoms with Crippen LogP contribution in [0.1, 0.15) is 35.1 Å². The summed E-state index contributed by atoms with van der Waals surface area (Å²) in [6.45, 7) is 4.33. The van der Waals surface area contributed by atoms with Crippen molar-refractivity contribution in [2.75, 3.05) is 12.3 Å². The van der Waals surface area contributed by atoms with E-state index in [2.05, 4.69) is 29.4 Å². The van der Waals surface area contributed by atoms with Gasteiger partial charge in [0.1, 0.15) is 5.76 Å². The van der Waals surface area contributed by atoms with E-state index in [1.54, 1.807) is 0 Å². The summed E-state index contributed by atoms with van der Waals surface area (Å²) in [6, 6.07) is 13.1. The van der Waals surface area contributed by atoms with Crippen molar-refractivity contribution in [3.05, 3.63) is 76.7 Å². The number of carbonyl (C=O) groups is 1. The Labute approximate surface area is 189 Å². The van der Waals surface area contributed by atoms with Gasteiger partial charge in [-0.3, -0.25) is 4.79 Å². The minimum absolute atomic E-state index is 0.126. The Kier molecular flexibility index (Phi) is 8.01. The topological polar surface area (TPSA) is 55.1 Å². The maximum Gasteiger partial charge on any atom is 0.416 e. The smallest absolute Gasteiger partial charge is 0.416 e. The van der Waals surface area contributed by atoms with Crippen LogP contribution in [0.25, 0.3) is 11.5 Å². The summed E-state index contributed by atoms with van der Waals surface area (Å²) in [5.74, 6) is 1.99. The summed E-state index contributed by atoms with van der Waals surface area (Å²) in [5.41, 5.74) is 3.04. The SMILES string of the molecule is CCc1ccc(-c2nc(CSCC(=O)NCCc3ccc(C(F)(F)F)cc3)c(C)o2)cc1. The molecule has 0 bridgehead atoms. The fourth-order valence-corrected chi connectivity index (χ4v) is 3.92. The zero-order valence-corrected chi connectivity index (χ0v) is 18.8. The number of amides is 1. The highest BCUT2D eigenvalue weighted by Gasteiger charge is 2.29. The molecule has 32 heavy (non-hydrogen) atoms. The molecule has 1 N–H and O–H groups in total. The molecule has 1 heterocycles. The summed E-state index contributed by atoms with van der Waals surface area (Å²) >= 11 is 1.43. The van der Waals surface area contributed by atoms with Crippen LogP contribution < -0.4 is 5.32 Å². The number of nitrogens with one attached hydrogen (secondary N) is 1. The highest BCUT2D eigenvalue weighted by atomic mass is 32.2. The fraction of sp³-hybridized carbons (Fsp3) is 0.333. The first kappa shape index (κ1) is 23.9. The maximum absolute atomic E-state index is 12.6. The molecule has 0 atom stereocenters. The molecule has 4 nitrogen and oxygen atoms in total. The molecule has 170 valence electrons. The van der Waals surface area contributed by atoms with E-state index in [1.807, 2.05) is 19.1 Å². The summed E-state index contributed by atoms with van der Waals surface area (Å²) in [4.78, 5) is 16.6. The molecule has 0 spiro atoms. The molecule has 0 aliphatic heterocycles. The molecule has 3 aromatic rings. The van der Waals surface area contributed by atoms with E-state index in [0.717, 1.165) is 41.1 Å². The quantitative estimate of drug-likeness (QED) is 0.435. The van der Waals surface area contributed by atoms with Crippen LogP contribution in [0.3, 0.4) is 0 Å². The number of thioether (sulfide) groups is 1. The summed E-state index contributed by atoms with van der Waals surface area (Å²) in [5, 5.41) is 2.79. The number of alkyl halides is 3. The Hall–Kier alpha value is -2.74. The van der Waals surface area contributed by atoms with Crippen molar-refractivity contribution in [2.45, 2.75) is 38.6 Å². The Morgan fingerprint density at radius 1 is 1.06 bits per heavy atom. The van der Waals surface area contributed by atoms with Crippen LogP contribution in [0.5, 0.6) is 0 Å². The highest BCUT2D eigenvalue weighted by Crippen LogP contribution is 2.29. The number of rotatable bonds is 9. The van der Waals surface area contributed by atoms with Gasteiger partial charge in [-0.05, 0) is 55.2 Å². The molecular weight excluding hydrogens is 437 g/mol. The summed E-state index contributed by atoms with van der Waals surface area (Å²) in [6.07, 6.45) is -2.90. The lowest BCUT2D eigenvalue weighted by atomic mass is 10.1. The van der Waals surface area contributed by atoms with Gasteiger partial charge in [-0.1, -0.05) is 31.2 Å². The third kappa shape index (κ3) is 6.63. The van der Waals surface area contributed by atoms with Gasteiger partial charge in [-0.2, -0.15) is 13.2 Å². The standard InChI is InChI=1S/C24H25F3N2O2S/c1-3-17-4-8-19(9-5-17)23-29-21(16(2)31-23)14-32-15-22(30)28-13-12-18-6-10-20(11-7-18)24(25,26)27/h4-11H,3,12-15H2,1-2H3,(H,28,30). The maximum atomic E-state index is 12.6. The largest absolute Gasteiger partial charge is 0.441 e. The van der Waals surface area contributed by atoms with Crippen LogP contribution in [0, 0.1) is 6.92 Å². The normalized spacial score (nSPS) is 11.5. The Morgan fingerprint density at radius 3 is 2.34 bits per heavy atom. The van der Waals surface area contributed by atoms with Crippen molar-refractivity contribution in [3.8, 4) is 11.5 Å². The number of nitrogens with zero attached hydrogens (tertiary/aromatic N) is 1. The lowest BCUT2D eigenvalue weighted by Gasteiger charge is -2.08. The van der Waals surface area contributed by atoms with Crippen molar-refractivity contribution < 1.29 is 22.4 Å². The van der Waals surface area contributed by atoms with E-state index >= 15 is 0 Å². The third-order valence-electron chi connectivity index (χ3n) is 4.99. The second kappa shape index (κ2) is 10.7. The molecule has 0 radical (unpaired) electrons. The molecule has 0 aliphatic rings. The van der Waals surface area contributed by atoms with Gasteiger partial charge in [0, 0.05) is 17.9 Å². The first-order valence-electron chi connectivity index (χ1n) is 10.3. The number of benzene rings is 2. The molecule has 0 saturated carbocycles. The minimum Gasteiger partial charge on any atom is -0.441 e. The summed E-state index contributed by atoms with van der Waals surface area (Å²) in [7, 11) is 0. The number of hydrogen-bond acceptors (Lipinski definition) is 4. The van der Waals surface area contributed by atoms with Gasteiger partial charge in [-0.25, -0.2) is 4.98 Å². The molecule has 8 heteroatoms. The fourth-order valence-electron chi connectivity index (χ4n) is 3.07. The predicted octanol–water partition coefficient (Wildman–Crippen LogP) is 5.82. The van der Waals surface area contributed by atoms with E-state index in [1.165, 1.54) is 29.5 Å². The van der Waals surface area contributed by atoms with E-state index in [4.69, 9.17) is 4.42 Å². The monoisotopic (exact) mass is 462 g/mol.